The standard InChI is InChI=1S/C11H10F3N5O/c12-11(13,14)7-3-1-2-4-8(7)17-9(20)5-19-6-16-10(15)18-19/h1-4,6H,5H2,(H2,15,18)(H,17,20). The van der Waals surface area contributed by atoms with Gasteiger partial charge in [-0.1, -0.05) is 12.1 Å². The highest BCUT2D eigenvalue weighted by Crippen LogP contribution is 2.34. The normalized spacial score (nSPS) is 11.3. The number of anilines is 2. The molecule has 0 fully saturated rings. The number of halogens is 3. The fourth-order valence-electron chi connectivity index (χ4n) is 1.56. The van der Waals surface area contributed by atoms with Crippen LogP contribution < -0.4 is 11.1 Å². The van der Waals surface area contributed by atoms with Gasteiger partial charge in [-0.25, -0.2) is 9.67 Å². The molecule has 1 aromatic carbocycles. The van der Waals surface area contributed by atoms with Gasteiger partial charge in [0.05, 0.1) is 11.3 Å². The Balaban J connectivity index is 2.12. The monoisotopic (exact) mass is 285 g/mol. The Hall–Kier alpha value is -2.58. The van der Waals surface area contributed by atoms with Crippen molar-refractivity contribution in [3.63, 3.8) is 0 Å². The van der Waals surface area contributed by atoms with Crippen molar-refractivity contribution in [2.24, 2.45) is 0 Å². The summed E-state index contributed by atoms with van der Waals surface area (Å²) in [5, 5.41) is 5.85. The highest BCUT2D eigenvalue weighted by atomic mass is 19.4. The van der Waals surface area contributed by atoms with Crippen LogP contribution in [0.4, 0.5) is 24.8 Å². The second-order valence-corrected chi connectivity index (χ2v) is 3.89. The number of carbonyl (C=O) groups is 1. The van der Waals surface area contributed by atoms with Crippen molar-refractivity contribution in [2.45, 2.75) is 12.7 Å². The summed E-state index contributed by atoms with van der Waals surface area (Å²) in [6.45, 7) is -0.281. The van der Waals surface area contributed by atoms with Gasteiger partial charge in [-0.15, -0.1) is 5.10 Å². The molecule has 106 valence electrons. The Morgan fingerprint density at radius 1 is 1.35 bits per heavy atom. The van der Waals surface area contributed by atoms with Crippen molar-refractivity contribution in [1.82, 2.24) is 14.8 Å². The summed E-state index contributed by atoms with van der Waals surface area (Å²) in [4.78, 5) is 15.3. The van der Waals surface area contributed by atoms with Gasteiger partial charge in [0.15, 0.2) is 0 Å². The lowest BCUT2D eigenvalue weighted by Crippen LogP contribution is -2.21. The van der Waals surface area contributed by atoms with Crippen LogP contribution in [0.5, 0.6) is 0 Å². The summed E-state index contributed by atoms with van der Waals surface area (Å²) in [5.74, 6) is -0.680. The van der Waals surface area contributed by atoms with Gasteiger partial charge < -0.3 is 11.1 Å². The van der Waals surface area contributed by atoms with E-state index in [1.807, 2.05) is 0 Å². The molecule has 0 spiro atoms. The maximum Gasteiger partial charge on any atom is 0.418 e. The summed E-state index contributed by atoms with van der Waals surface area (Å²) < 4.78 is 39.3. The van der Waals surface area contributed by atoms with E-state index in [1.54, 1.807) is 0 Å². The van der Waals surface area contributed by atoms with Gasteiger partial charge in [-0.05, 0) is 12.1 Å². The van der Waals surface area contributed by atoms with E-state index < -0.39 is 17.6 Å². The molecule has 0 saturated carbocycles. The van der Waals surface area contributed by atoms with Gasteiger partial charge in [-0.3, -0.25) is 4.79 Å². The summed E-state index contributed by atoms with van der Waals surface area (Å²) in [6.07, 6.45) is -3.33. The van der Waals surface area contributed by atoms with Gasteiger partial charge in [0.25, 0.3) is 0 Å². The lowest BCUT2D eigenvalue weighted by molar-refractivity contribution is -0.137. The molecule has 2 aromatic rings. The van der Waals surface area contributed by atoms with Crippen molar-refractivity contribution in [2.75, 3.05) is 11.1 Å². The number of nitrogens with one attached hydrogen (secondary N) is 1. The van der Waals surface area contributed by atoms with E-state index in [4.69, 9.17) is 5.73 Å². The van der Waals surface area contributed by atoms with E-state index in [1.165, 1.54) is 24.5 Å². The molecule has 0 unspecified atom stereocenters. The predicted molar refractivity (Wildman–Crippen MR) is 64.5 cm³/mol. The van der Waals surface area contributed by atoms with Crippen LogP contribution in [-0.2, 0) is 17.5 Å². The Morgan fingerprint density at radius 3 is 2.65 bits per heavy atom. The molecule has 0 aliphatic carbocycles. The van der Waals surface area contributed by atoms with Crippen LogP contribution in [0, 0.1) is 0 Å². The number of carbonyl (C=O) groups excluding carboxylic acids is 1. The lowest BCUT2D eigenvalue weighted by atomic mass is 10.1. The van der Waals surface area contributed by atoms with Gasteiger partial charge >= 0.3 is 6.18 Å². The van der Waals surface area contributed by atoms with E-state index in [2.05, 4.69) is 15.4 Å². The number of para-hydroxylation sites is 1. The minimum Gasteiger partial charge on any atom is -0.367 e. The Labute approximate surface area is 111 Å². The molecule has 0 aliphatic heterocycles. The van der Waals surface area contributed by atoms with E-state index in [0.29, 0.717) is 0 Å². The number of benzene rings is 1. The molecular formula is C11H10F3N5O. The topological polar surface area (TPSA) is 85.8 Å². The number of hydrogen-bond donors (Lipinski definition) is 2. The Bertz CT molecular complexity index is 623. The third kappa shape index (κ3) is 3.25. The number of nitrogens with zero attached hydrogens (tertiary/aromatic N) is 3. The van der Waals surface area contributed by atoms with Crippen LogP contribution in [0.2, 0.25) is 0 Å². The van der Waals surface area contributed by atoms with E-state index >= 15 is 0 Å². The first-order valence-electron chi connectivity index (χ1n) is 5.47. The molecule has 0 bridgehead atoms. The summed E-state index contributed by atoms with van der Waals surface area (Å²) >= 11 is 0. The van der Waals surface area contributed by atoms with Crippen LogP contribution in [-0.4, -0.2) is 20.7 Å². The summed E-state index contributed by atoms with van der Waals surface area (Å²) in [7, 11) is 0. The first-order valence-corrected chi connectivity index (χ1v) is 5.47. The largest absolute Gasteiger partial charge is 0.418 e. The number of aromatic nitrogens is 3. The van der Waals surface area contributed by atoms with Crippen molar-refractivity contribution in [3.8, 4) is 0 Å². The number of amides is 1. The maximum atomic E-state index is 12.7. The van der Waals surface area contributed by atoms with Gasteiger partial charge in [0, 0.05) is 0 Å². The maximum absolute atomic E-state index is 12.7. The zero-order valence-corrected chi connectivity index (χ0v) is 10.1. The second-order valence-electron chi connectivity index (χ2n) is 3.89. The van der Waals surface area contributed by atoms with Crippen LogP contribution >= 0.6 is 0 Å². The van der Waals surface area contributed by atoms with Gasteiger partial charge in [0.1, 0.15) is 12.9 Å². The minimum atomic E-state index is -4.54. The van der Waals surface area contributed by atoms with Crippen molar-refractivity contribution in [1.29, 1.82) is 0 Å². The molecule has 1 heterocycles. The molecule has 2 rings (SSSR count). The number of alkyl halides is 3. The quantitative estimate of drug-likeness (QED) is 0.895. The van der Waals surface area contributed by atoms with Crippen molar-refractivity contribution < 1.29 is 18.0 Å². The zero-order valence-electron chi connectivity index (χ0n) is 10.1. The molecule has 0 atom stereocenters. The molecule has 0 radical (unpaired) electrons. The van der Waals surface area contributed by atoms with Crippen LogP contribution in [0.25, 0.3) is 0 Å². The SMILES string of the molecule is Nc1ncn(CC(=O)Nc2ccccc2C(F)(F)F)n1. The molecule has 0 saturated heterocycles. The molecule has 0 aliphatic rings. The molecule has 3 N–H and O–H groups in total. The van der Waals surface area contributed by atoms with Crippen molar-refractivity contribution in [3.05, 3.63) is 36.2 Å². The van der Waals surface area contributed by atoms with Crippen LogP contribution in [0.1, 0.15) is 5.56 Å². The number of nitrogen functional groups attached to an aromatic ring is 1. The van der Waals surface area contributed by atoms with E-state index in [0.717, 1.165) is 10.7 Å². The highest BCUT2D eigenvalue weighted by molar-refractivity contribution is 5.91. The second kappa shape index (κ2) is 5.19. The molecule has 20 heavy (non-hydrogen) atoms. The number of hydrogen-bond acceptors (Lipinski definition) is 4. The molecule has 9 heteroatoms. The fourth-order valence-corrected chi connectivity index (χ4v) is 1.56. The first-order chi connectivity index (χ1) is 9.36. The minimum absolute atomic E-state index is 0.0199. The van der Waals surface area contributed by atoms with E-state index in [9.17, 15) is 18.0 Å². The Kier molecular flexibility index (Phi) is 3.59. The predicted octanol–water partition coefficient (Wildman–Crippen LogP) is 1.52. The van der Waals surface area contributed by atoms with Crippen LogP contribution in [0.15, 0.2) is 30.6 Å². The van der Waals surface area contributed by atoms with Crippen molar-refractivity contribution >= 4 is 17.5 Å². The van der Waals surface area contributed by atoms with Gasteiger partial charge in [0.2, 0.25) is 11.9 Å². The first kappa shape index (κ1) is 13.8. The van der Waals surface area contributed by atoms with Crippen LogP contribution in [0.3, 0.4) is 0 Å². The average Bonchev–Trinajstić information content (AvgIpc) is 2.73. The van der Waals surface area contributed by atoms with E-state index in [-0.39, 0.29) is 18.2 Å². The average molecular weight is 285 g/mol. The molecule has 1 amide bonds. The zero-order chi connectivity index (χ0) is 14.8. The fraction of sp³-hybridized carbons (Fsp3) is 0.182. The Morgan fingerprint density at radius 2 is 2.05 bits per heavy atom. The number of rotatable bonds is 3. The third-order valence-corrected chi connectivity index (χ3v) is 2.37. The summed E-state index contributed by atoms with van der Waals surface area (Å²) in [5.41, 5.74) is 4.05. The van der Waals surface area contributed by atoms with Gasteiger partial charge in [-0.2, -0.15) is 13.2 Å². The molecular weight excluding hydrogens is 275 g/mol. The number of nitrogens with two attached hydrogens (primary N) is 1. The lowest BCUT2D eigenvalue weighted by Gasteiger charge is -2.13. The molecule has 1 aromatic heterocycles. The summed E-state index contributed by atoms with van der Waals surface area (Å²) in [6, 6.07) is 4.72. The molecule has 6 nitrogen and oxygen atoms in total. The smallest absolute Gasteiger partial charge is 0.367 e. The third-order valence-electron chi connectivity index (χ3n) is 2.37. The highest BCUT2D eigenvalue weighted by Gasteiger charge is 2.33.